The third-order valence-electron chi connectivity index (χ3n) is 4.02. The van der Waals surface area contributed by atoms with Crippen LogP contribution in [0.15, 0.2) is 18.2 Å². The van der Waals surface area contributed by atoms with E-state index in [2.05, 4.69) is 0 Å². The van der Waals surface area contributed by atoms with Crippen molar-refractivity contribution in [1.82, 2.24) is 0 Å². The zero-order valence-corrected chi connectivity index (χ0v) is 13.3. The molecule has 0 amide bonds. The van der Waals surface area contributed by atoms with Gasteiger partial charge < -0.3 is 15.2 Å². The van der Waals surface area contributed by atoms with Gasteiger partial charge in [0, 0.05) is 24.2 Å². The molecule has 1 aromatic carbocycles. The first-order chi connectivity index (χ1) is 10.1. The van der Waals surface area contributed by atoms with Crippen LogP contribution in [0.25, 0.3) is 0 Å². The van der Waals surface area contributed by atoms with Crippen LogP contribution in [0.4, 0.5) is 4.39 Å². The number of hydrogen-bond acceptors (Lipinski definition) is 4. The van der Waals surface area contributed by atoms with Crippen LogP contribution < -0.4 is 10.5 Å². The van der Waals surface area contributed by atoms with E-state index in [0.29, 0.717) is 12.2 Å². The minimum atomic E-state index is -0.415. The Bertz CT molecular complexity index is 546. The van der Waals surface area contributed by atoms with E-state index in [1.54, 1.807) is 12.1 Å². The van der Waals surface area contributed by atoms with Crippen LogP contribution in [0.2, 0.25) is 0 Å². The summed E-state index contributed by atoms with van der Waals surface area (Å²) in [5.74, 6) is 1.99. The molecule has 0 aliphatic carbocycles. The summed E-state index contributed by atoms with van der Waals surface area (Å²) in [6.07, 6.45) is 2.68. The summed E-state index contributed by atoms with van der Waals surface area (Å²) in [6.45, 7) is 0.678. The van der Waals surface area contributed by atoms with Crippen molar-refractivity contribution >= 4 is 29.0 Å². The molecule has 3 rings (SSSR count). The van der Waals surface area contributed by atoms with Gasteiger partial charge in [-0.05, 0) is 30.4 Å². The third kappa shape index (κ3) is 3.33. The number of rotatable bonds is 3. The van der Waals surface area contributed by atoms with E-state index >= 15 is 0 Å². The van der Waals surface area contributed by atoms with Crippen LogP contribution in [0.5, 0.6) is 5.75 Å². The van der Waals surface area contributed by atoms with Crippen molar-refractivity contribution < 1.29 is 13.9 Å². The third-order valence-corrected chi connectivity index (χ3v) is 5.48. The molecule has 2 fully saturated rings. The number of thioether (sulfide) groups is 1. The molecule has 1 spiro atoms. The van der Waals surface area contributed by atoms with Gasteiger partial charge in [-0.25, -0.2) is 4.39 Å². The number of ether oxygens (including phenoxy) is 2. The molecular formula is C15H18FNO2S2. The second kappa shape index (κ2) is 6.10. The summed E-state index contributed by atoms with van der Waals surface area (Å²) < 4.78 is 25.9. The second-order valence-corrected chi connectivity index (χ2v) is 7.12. The number of hydrogen-bond donors (Lipinski definition) is 1. The first-order valence-electron chi connectivity index (χ1n) is 7.06. The predicted octanol–water partition coefficient (Wildman–Crippen LogP) is 2.89. The first-order valence-corrected chi connectivity index (χ1v) is 8.62. The van der Waals surface area contributed by atoms with Crippen molar-refractivity contribution in [1.29, 1.82) is 0 Å². The van der Waals surface area contributed by atoms with Gasteiger partial charge in [-0.3, -0.25) is 0 Å². The number of benzene rings is 1. The van der Waals surface area contributed by atoms with Crippen LogP contribution >= 0.6 is 24.0 Å². The Morgan fingerprint density at radius 1 is 1.52 bits per heavy atom. The molecule has 21 heavy (non-hydrogen) atoms. The molecule has 2 unspecified atom stereocenters. The molecule has 2 atom stereocenters. The number of thiocarbonyl (C=S) groups is 1. The summed E-state index contributed by atoms with van der Waals surface area (Å²) in [4.78, 5) is 0.188. The zero-order valence-electron chi connectivity index (χ0n) is 11.6. The number of halogens is 1. The Kier molecular flexibility index (Phi) is 4.38. The molecule has 1 aromatic rings. The Balaban J connectivity index is 1.70. The lowest BCUT2D eigenvalue weighted by molar-refractivity contribution is -0.0964. The lowest BCUT2D eigenvalue weighted by atomic mass is 9.91. The summed E-state index contributed by atoms with van der Waals surface area (Å²) in [5, 5.41) is 0. The Hall–Kier alpha value is -0.850. The molecule has 2 saturated heterocycles. The van der Waals surface area contributed by atoms with E-state index in [-0.39, 0.29) is 22.4 Å². The smallest absolute Gasteiger partial charge is 0.165 e. The highest BCUT2D eigenvalue weighted by atomic mass is 32.2. The monoisotopic (exact) mass is 327 g/mol. The van der Waals surface area contributed by atoms with Crippen LogP contribution in [0.1, 0.15) is 24.8 Å². The first kappa shape index (κ1) is 15.1. The van der Waals surface area contributed by atoms with Gasteiger partial charge in [0.05, 0.1) is 12.2 Å². The highest BCUT2D eigenvalue weighted by Gasteiger charge is 2.41. The van der Waals surface area contributed by atoms with E-state index < -0.39 is 5.82 Å². The predicted molar refractivity (Wildman–Crippen MR) is 86.6 cm³/mol. The Morgan fingerprint density at radius 3 is 3.05 bits per heavy atom. The molecule has 114 valence electrons. The Morgan fingerprint density at radius 2 is 2.38 bits per heavy atom. The standard InChI is InChI=1S/C15H18FNO2S2/c16-12-7-10(14(17)20)1-2-13(12)19-11-3-5-18-15(8-11)4-6-21-9-15/h1-2,7,11H,3-6,8-9H2,(H2,17,20). The molecule has 0 saturated carbocycles. The van der Waals surface area contributed by atoms with Crippen LogP contribution in [-0.4, -0.2) is 34.8 Å². The average molecular weight is 327 g/mol. The van der Waals surface area contributed by atoms with Crippen molar-refractivity contribution in [2.45, 2.75) is 31.0 Å². The summed E-state index contributed by atoms with van der Waals surface area (Å²) in [7, 11) is 0. The fraction of sp³-hybridized carbons (Fsp3) is 0.533. The maximum atomic E-state index is 14.1. The average Bonchev–Trinajstić information content (AvgIpc) is 2.89. The van der Waals surface area contributed by atoms with E-state index in [4.69, 9.17) is 27.4 Å². The van der Waals surface area contributed by atoms with Gasteiger partial charge in [0.2, 0.25) is 0 Å². The van der Waals surface area contributed by atoms with Gasteiger partial charge in [-0.1, -0.05) is 12.2 Å². The number of nitrogens with two attached hydrogens (primary N) is 1. The van der Waals surface area contributed by atoms with Crippen molar-refractivity contribution in [3.05, 3.63) is 29.6 Å². The maximum absolute atomic E-state index is 14.1. The molecule has 2 aliphatic heterocycles. The molecule has 2 N–H and O–H groups in total. The van der Waals surface area contributed by atoms with Crippen molar-refractivity contribution in [2.24, 2.45) is 5.73 Å². The summed E-state index contributed by atoms with van der Waals surface area (Å²) >= 11 is 6.76. The van der Waals surface area contributed by atoms with E-state index in [0.717, 1.165) is 30.8 Å². The normalized spacial score (nSPS) is 28.7. The second-order valence-electron chi connectivity index (χ2n) is 5.58. The molecule has 0 radical (unpaired) electrons. The van der Waals surface area contributed by atoms with Crippen LogP contribution in [0, 0.1) is 5.82 Å². The van der Waals surface area contributed by atoms with Gasteiger partial charge in [0.1, 0.15) is 11.1 Å². The molecule has 6 heteroatoms. The molecule has 2 heterocycles. The molecule has 0 bridgehead atoms. The summed E-state index contributed by atoms with van der Waals surface area (Å²) in [6, 6.07) is 4.63. The van der Waals surface area contributed by atoms with Crippen LogP contribution in [0.3, 0.4) is 0 Å². The minimum Gasteiger partial charge on any atom is -0.487 e. The lowest BCUT2D eigenvalue weighted by Crippen LogP contribution is -2.43. The topological polar surface area (TPSA) is 44.5 Å². The van der Waals surface area contributed by atoms with Gasteiger partial charge in [0.25, 0.3) is 0 Å². The van der Waals surface area contributed by atoms with Gasteiger partial charge in [-0.2, -0.15) is 11.8 Å². The fourth-order valence-corrected chi connectivity index (χ4v) is 4.38. The van der Waals surface area contributed by atoms with E-state index in [9.17, 15) is 4.39 Å². The highest BCUT2D eigenvalue weighted by molar-refractivity contribution is 7.99. The molecular weight excluding hydrogens is 309 g/mol. The fourth-order valence-electron chi connectivity index (χ4n) is 2.88. The quantitative estimate of drug-likeness (QED) is 0.865. The zero-order chi connectivity index (χ0) is 14.9. The van der Waals surface area contributed by atoms with Gasteiger partial charge >= 0.3 is 0 Å². The van der Waals surface area contributed by atoms with Crippen molar-refractivity contribution in [3.8, 4) is 5.75 Å². The SMILES string of the molecule is NC(=S)c1ccc(OC2CCOC3(CCSC3)C2)c(F)c1. The molecule has 3 nitrogen and oxygen atoms in total. The highest BCUT2D eigenvalue weighted by Crippen LogP contribution is 2.39. The van der Waals surface area contributed by atoms with Gasteiger partial charge in [-0.15, -0.1) is 0 Å². The Labute approximate surface area is 133 Å². The van der Waals surface area contributed by atoms with E-state index in [1.165, 1.54) is 6.07 Å². The molecule has 0 aromatic heterocycles. The van der Waals surface area contributed by atoms with Gasteiger partial charge in [0.15, 0.2) is 11.6 Å². The minimum absolute atomic E-state index is 0.00243. The van der Waals surface area contributed by atoms with E-state index in [1.807, 2.05) is 11.8 Å². The van der Waals surface area contributed by atoms with Crippen molar-refractivity contribution in [3.63, 3.8) is 0 Å². The maximum Gasteiger partial charge on any atom is 0.165 e. The summed E-state index contributed by atoms with van der Waals surface area (Å²) in [5.41, 5.74) is 5.95. The largest absolute Gasteiger partial charge is 0.487 e. The molecule has 2 aliphatic rings. The lowest BCUT2D eigenvalue weighted by Gasteiger charge is -2.37. The van der Waals surface area contributed by atoms with Crippen molar-refractivity contribution in [2.75, 3.05) is 18.1 Å². The van der Waals surface area contributed by atoms with Crippen LogP contribution in [-0.2, 0) is 4.74 Å².